The fourth-order valence-electron chi connectivity index (χ4n) is 0.893. The molecule has 0 rings (SSSR count). The first-order chi connectivity index (χ1) is 6.93. The summed E-state index contributed by atoms with van der Waals surface area (Å²) in [6.45, 7) is 2.10. The number of thiol groups is 1. The van der Waals surface area contributed by atoms with Gasteiger partial charge in [0.2, 0.25) is 0 Å². The summed E-state index contributed by atoms with van der Waals surface area (Å²) >= 11 is 3.91. The number of nitrogens with zero attached hydrogens (tertiary/aromatic N) is 1. The smallest absolute Gasteiger partial charge is 0.324 e. The van der Waals surface area contributed by atoms with Gasteiger partial charge in [0.25, 0.3) is 0 Å². The second-order valence-electron chi connectivity index (χ2n) is 3.09. The third-order valence-electron chi connectivity index (χ3n) is 1.56. The summed E-state index contributed by atoms with van der Waals surface area (Å²) in [6, 6.07) is -0.645. The van der Waals surface area contributed by atoms with Crippen LogP contribution < -0.4 is 17.2 Å². The van der Waals surface area contributed by atoms with Crippen molar-refractivity contribution in [3.63, 3.8) is 0 Å². The molecule has 0 aromatic rings. The van der Waals surface area contributed by atoms with Crippen molar-refractivity contribution in [2.24, 2.45) is 22.2 Å². The van der Waals surface area contributed by atoms with Crippen molar-refractivity contribution >= 4 is 24.6 Å². The van der Waals surface area contributed by atoms with Gasteiger partial charge in [-0.1, -0.05) is 0 Å². The zero-order valence-corrected chi connectivity index (χ0v) is 9.61. The van der Waals surface area contributed by atoms with Gasteiger partial charge >= 0.3 is 5.97 Å². The van der Waals surface area contributed by atoms with E-state index in [9.17, 15) is 4.79 Å². The fraction of sp³-hybridized carbons (Fsp3) is 0.750. The highest BCUT2D eigenvalue weighted by molar-refractivity contribution is 7.80. The van der Waals surface area contributed by atoms with E-state index in [0.717, 1.165) is 0 Å². The van der Waals surface area contributed by atoms with Crippen LogP contribution >= 0.6 is 12.6 Å². The Morgan fingerprint density at radius 2 is 2.13 bits per heavy atom. The van der Waals surface area contributed by atoms with Gasteiger partial charge in [-0.25, -0.2) is 0 Å². The molecule has 0 aliphatic rings. The maximum absolute atomic E-state index is 11.2. The van der Waals surface area contributed by atoms with Gasteiger partial charge in [0.1, 0.15) is 11.5 Å². The van der Waals surface area contributed by atoms with Gasteiger partial charge in [-0.15, -0.1) is 12.6 Å². The Morgan fingerprint density at radius 1 is 1.53 bits per heavy atom. The summed E-state index contributed by atoms with van der Waals surface area (Å²) in [4.78, 5) is 15.0. The molecule has 6 N–H and O–H groups in total. The molecule has 0 fully saturated rings. The molecular formula is C8H18N4O2S. The number of carbonyl (C=O) groups excluding carboxylic acids is 1. The Morgan fingerprint density at radius 3 is 2.60 bits per heavy atom. The quantitative estimate of drug-likeness (QED) is 0.120. The van der Waals surface area contributed by atoms with Crippen LogP contribution in [0.1, 0.15) is 19.8 Å². The van der Waals surface area contributed by atoms with E-state index in [4.69, 9.17) is 21.9 Å². The number of hydrogen-bond donors (Lipinski definition) is 4. The van der Waals surface area contributed by atoms with Crippen LogP contribution in [-0.4, -0.2) is 30.0 Å². The van der Waals surface area contributed by atoms with E-state index in [1.54, 1.807) is 6.92 Å². The number of esters is 1. The standard InChI is InChI=1S/C8H18N4O2S/c1-5(15)14-7(13)6(9)3-2-4-12-8(10)11/h5-6,15H,2-4,9H2,1H3,(H4,10,11,12). The largest absolute Gasteiger partial charge is 0.451 e. The summed E-state index contributed by atoms with van der Waals surface area (Å²) in [7, 11) is 0. The van der Waals surface area contributed by atoms with E-state index in [-0.39, 0.29) is 5.96 Å². The fourth-order valence-corrected chi connectivity index (χ4v) is 0.997. The van der Waals surface area contributed by atoms with Gasteiger partial charge in [0, 0.05) is 6.54 Å². The van der Waals surface area contributed by atoms with Crippen LogP contribution in [0.25, 0.3) is 0 Å². The average molecular weight is 234 g/mol. The minimum Gasteiger partial charge on any atom is -0.451 e. The first-order valence-corrected chi connectivity index (χ1v) is 5.14. The van der Waals surface area contributed by atoms with Crippen molar-refractivity contribution in [1.29, 1.82) is 0 Å². The molecule has 0 aliphatic heterocycles. The van der Waals surface area contributed by atoms with Crippen LogP contribution in [0.4, 0.5) is 0 Å². The minimum absolute atomic E-state index is 0.0372. The predicted octanol–water partition coefficient (Wildman–Crippen LogP) is -0.814. The van der Waals surface area contributed by atoms with Gasteiger partial charge in [0.15, 0.2) is 5.96 Å². The van der Waals surface area contributed by atoms with Gasteiger partial charge in [-0.05, 0) is 19.8 Å². The van der Waals surface area contributed by atoms with Crippen LogP contribution in [-0.2, 0) is 9.53 Å². The maximum Gasteiger partial charge on any atom is 0.324 e. The van der Waals surface area contributed by atoms with Crippen molar-refractivity contribution in [2.45, 2.75) is 31.2 Å². The summed E-state index contributed by atoms with van der Waals surface area (Å²) in [5.41, 5.74) is 15.4. The lowest BCUT2D eigenvalue weighted by Gasteiger charge is -2.12. The third-order valence-corrected chi connectivity index (χ3v) is 1.66. The molecule has 2 unspecified atom stereocenters. The average Bonchev–Trinajstić information content (AvgIpc) is 2.10. The Hall–Kier alpha value is -0.950. The predicted molar refractivity (Wildman–Crippen MR) is 62.4 cm³/mol. The molecule has 0 aromatic carbocycles. The summed E-state index contributed by atoms with van der Waals surface area (Å²) in [5, 5.41) is 0. The van der Waals surface area contributed by atoms with Crippen LogP contribution in [0.3, 0.4) is 0 Å². The molecule has 0 bridgehead atoms. The molecule has 0 heterocycles. The number of carbonyl (C=O) groups is 1. The van der Waals surface area contributed by atoms with Crippen molar-refractivity contribution in [3.8, 4) is 0 Å². The lowest BCUT2D eigenvalue weighted by atomic mass is 10.2. The molecule has 0 aromatic heterocycles. The zero-order valence-electron chi connectivity index (χ0n) is 8.72. The van der Waals surface area contributed by atoms with Gasteiger partial charge in [0.05, 0.1) is 0 Å². The summed E-state index contributed by atoms with van der Waals surface area (Å²) < 4.78 is 4.81. The Balaban J connectivity index is 3.69. The molecule has 0 amide bonds. The molecule has 0 saturated carbocycles. The van der Waals surface area contributed by atoms with Crippen molar-refractivity contribution in [2.75, 3.05) is 6.54 Å². The first kappa shape index (κ1) is 14.1. The molecule has 15 heavy (non-hydrogen) atoms. The van der Waals surface area contributed by atoms with Gasteiger partial charge < -0.3 is 21.9 Å². The maximum atomic E-state index is 11.2. The summed E-state index contributed by atoms with van der Waals surface area (Å²) in [6.07, 6.45) is 1.12. The Labute approximate surface area is 94.6 Å². The molecule has 0 spiro atoms. The Kier molecular flexibility index (Phi) is 6.89. The van der Waals surface area contributed by atoms with Gasteiger partial charge in [-0.3, -0.25) is 9.79 Å². The number of ether oxygens (including phenoxy) is 1. The summed E-state index contributed by atoms with van der Waals surface area (Å²) in [5.74, 6) is -0.419. The van der Waals surface area contributed by atoms with E-state index in [2.05, 4.69) is 17.6 Å². The molecule has 0 aliphatic carbocycles. The van der Waals surface area contributed by atoms with E-state index in [0.29, 0.717) is 19.4 Å². The van der Waals surface area contributed by atoms with E-state index in [1.807, 2.05) is 0 Å². The highest BCUT2D eigenvalue weighted by Gasteiger charge is 2.15. The lowest BCUT2D eigenvalue weighted by molar-refractivity contribution is -0.146. The molecule has 0 radical (unpaired) electrons. The first-order valence-electron chi connectivity index (χ1n) is 4.63. The van der Waals surface area contributed by atoms with E-state index < -0.39 is 17.4 Å². The Bertz CT molecular complexity index is 229. The van der Waals surface area contributed by atoms with Crippen LogP contribution in [0.2, 0.25) is 0 Å². The van der Waals surface area contributed by atoms with Crippen LogP contribution in [0.15, 0.2) is 4.99 Å². The second-order valence-corrected chi connectivity index (χ2v) is 3.82. The zero-order chi connectivity index (χ0) is 11.8. The second kappa shape index (κ2) is 7.36. The number of aliphatic imine (C=N–C) groups is 1. The number of guanidine groups is 1. The minimum atomic E-state index is -0.645. The van der Waals surface area contributed by atoms with Crippen molar-refractivity contribution in [1.82, 2.24) is 0 Å². The van der Waals surface area contributed by atoms with Crippen LogP contribution in [0.5, 0.6) is 0 Å². The normalized spacial score (nSPS) is 14.1. The molecule has 7 heteroatoms. The third kappa shape index (κ3) is 8.07. The molecule has 2 atom stereocenters. The van der Waals surface area contributed by atoms with Crippen molar-refractivity contribution in [3.05, 3.63) is 0 Å². The molecule has 0 saturated heterocycles. The highest BCUT2D eigenvalue weighted by atomic mass is 32.1. The topological polar surface area (TPSA) is 117 Å². The van der Waals surface area contributed by atoms with Crippen LogP contribution in [0, 0.1) is 0 Å². The SMILES string of the molecule is CC(S)OC(=O)C(N)CCCN=C(N)N. The highest BCUT2D eigenvalue weighted by Crippen LogP contribution is 2.02. The number of rotatable bonds is 6. The van der Waals surface area contributed by atoms with E-state index in [1.165, 1.54) is 0 Å². The number of nitrogens with two attached hydrogens (primary N) is 3. The molecule has 6 nitrogen and oxygen atoms in total. The monoisotopic (exact) mass is 234 g/mol. The molecular weight excluding hydrogens is 216 g/mol. The van der Waals surface area contributed by atoms with E-state index >= 15 is 0 Å². The van der Waals surface area contributed by atoms with Crippen molar-refractivity contribution < 1.29 is 9.53 Å². The lowest BCUT2D eigenvalue weighted by Crippen LogP contribution is -2.33. The number of hydrogen-bond acceptors (Lipinski definition) is 5. The van der Waals surface area contributed by atoms with Gasteiger partial charge in [-0.2, -0.15) is 0 Å². The molecule has 88 valence electrons.